The Balaban J connectivity index is 2.28. The normalized spacial score (nSPS) is 38.1. The first-order valence-electron chi connectivity index (χ1n) is 4.53. The minimum absolute atomic E-state index is 0.0962. The van der Waals surface area contributed by atoms with Crippen molar-refractivity contribution in [1.82, 2.24) is 10.6 Å². The van der Waals surface area contributed by atoms with E-state index in [0.29, 0.717) is 13.0 Å². The molecule has 3 amide bonds. The molecular formula is C8H13N3O2. The Morgan fingerprint density at radius 3 is 2.85 bits per heavy atom. The number of amides is 3. The van der Waals surface area contributed by atoms with Gasteiger partial charge in [0.05, 0.1) is 0 Å². The summed E-state index contributed by atoms with van der Waals surface area (Å²) in [5.74, 6) is -0.107. The molecular weight excluding hydrogens is 170 g/mol. The number of carbonyl (C=O) groups excluding carboxylic acids is 2. The molecule has 0 unspecified atom stereocenters. The highest BCUT2D eigenvalue weighted by Gasteiger charge is 2.53. The summed E-state index contributed by atoms with van der Waals surface area (Å²) in [5.41, 5.74) is 4.88. The van der Waals surface area contributed by atoms with Gasteiger partial charge in [-0.15, -0.1) is 0 Å². The van der Waals surface area contributed by atoms with Gasteiger partial charge in [0.15, 0.2) is 0 Å². The molecule has 0 aromatic rings. The first-order valence-corrected chi connectivity index (χ1v) is 4.53. The first kappa shape index (κ1) is 8.50. The monoisotopic (exact) mass is 183 g/mol. The molecule has 0 aromatic carbocycles. The number of nitrogens with two attached hydrogens (primary N) is 1. The SMILES string of the molecule is NC[C@H]1CCC[C@]12NC(=O)NC2=O. The molecule has 72 valence electrons. The largest absolute Gasteiger partial charge is 0.330 e. The predicted octanol–water partition coefficient (Wildman–Crippen LogP) is -0.677. The van der Waals surface area contributed by atoms with Gasteiger partial charge in [0.25, 0.3) is 5.91 Å². The molecule has 4 N–H and O–H groups in total. The Morgan fingerprint density at radius 1 is 1.54 bits per heavy atom. The van der Waals surface area contributed by atoms with E-state index in [-0.39, 0.29) is 17.9 Å². The molecule has 1 saturated carbocycles. The lowest BCUT2D eigenvalue weighted by molar-refractivity contribution is -0.125. The number of hydrogen-bond acceptors (Lipinski definition) is 3. The summed E-state index contributed by atoms with van der Waals surface area (Å²) >= 11 is 0. The average Bonchev–Trinajstić information content (AvgIpc) is 2.59. The quantitative estimate of drug-likeness (QED) is 0.471. The van der Waals surface area contributed by atoms with Crippen molar-refractivity contribution in [2.45, 2.75) is 24.8 Å². The van der Waals surface area contributed by atoms with Crippen molar-refractivity contribution in [2.24, 2.45) is 11.7 Å². The summed E-state index contributed by atoms with van der Waals surface area (Å²) in [6, 6.07) is -0.384. The van der Waals surface area contributed by atoms with E-state index in [1.54, 1.807) is 0 Å². The van der Waals surface area contributed by atoms with Crippen molar-refractivity contribution >= 4 is 11.9 Å². The molecule has 1 aliphatic heterocycles. The van der Waals surface area contributed by atoms with E-state index in [4.69, 9.17) is 5.73 Å². The molecule has 1 spiro atoms. The highest BCUT2D eigenvalue weighted by molar-refractivity contribution is 6.07. The maximum Gasteiger partial charge on any atom is 0.322 e. The number of nitrogens with one attached hydrogen (secondary N) is 2. The Morgan fingerprint density at radius 2 is 2.31 bits per heavy atom. The number of rotatable bonds is 1. The summed E-state index contributed by atoms with van der Waals surface area (Å²) < 4.78 is 0. The molecule has 0 aromatic heterocycles. The standard InChI is InChI=1S/C8H13N3O2/c9-4-5-2-1-3-8(5)6(12)10-7(13)11-8/h5H,1-4,9H2,(H2,10,11,12,13)/t5-,8+/m1/s1. The van der Waals surface area contributed by atoms with Gasteiger partial charge in [0.2, 0.25) is 0 Å². The highest BCUT2D eigenvalue weighted by Crippen LogP contribution is 2.36. The minimum atomic E-state index is -0.689. The lowest BCUT2D eigenvalue weighted by atomic mass is 9.87. The van der Waals surface area contributed by atoms with Crippen molar-refractivity contribution in [2.75, 3.05) is 6.54 Å². The van der Waals surface area contributed by atoms with Crippen LogP contribution >= 0.6 is 0 Å². The zero-order valence-corrected chi connectivity index (χ0v) is 7.30. The van der Waals surface area contributed by atoms with Crippen LogP contribution in [-0.4, -0.2) is 24.0 Å². The summed E-state index contributed by atoms with van der Waals surface area (Å²) in [6.45, 7) is 0.452. The first-order chi connectivity index (χ1) is 6.19. The van der Waals surface area contributed by atoms with Crippen LogP contribution in [0, 0.1) is 5.92 Å². The Kier molecular flexibility index (Phi) is 1.76. The van der Waals surface area contributed by atoms with Gasteiger partial charge in [-0.1, -0.05) is 6.42 Å². The van der Waals surface area contributed by atoms with E-state index in [0.717, 1.165) is 12.8 Å². The number of hydrogen-bond donors (Lipinski definition) is 3. The second-order valence-electron chi connectivity index (χ2n) is 3.70. The molecule has 5 heteroatoms. The molecule has 0 bridgehead atoms. The highest BCUT2D eigenvalue weighted by atomic mass is 16.2. The summed E-state index contributed by atoms with van der Waals surface area (Å²) in [5, 5.41) is 4.97. The summed E-state index contributed by atoms with van der Waals surface area (Å²) in [6.07, 6.45) is 2.59. The van der Waals surface area contributed by atoms with Crippen molar-refractivity contribution in [3.63, 3.8) is 0 Å². The summed E-state index contributed by atoms with van der Waals surface area (Å²) in [4.78, 5) is 22.5. The van der Waals surface area contributed by atoms with Gasteiger partial charge < -0.3 is 11.1 Å². The predicted molar refractivity (Wildman–Crippen MR) is 45.8 cm³/mol. The van der Waals surface area contributed by atoms with Gasteiger partial charge in [-0.25, -0.2) is 4.79 Å². The van der Waals surface area contributed by atoms with E-state index in [9.17, 15) is 9.59 Å². The maximum absolute atomic E-state index is 11.5. The van der Waals surface area contributed by atoms with E-state index in [1.165, 1.54) is 0 Å². The fraction of sp³-hybridized carbons (Fsp3) is 0.750. The van der Waals surface area contributed by atoms with E-state index >= 15 is 0 Å². The Hall–Kier alpha value is -1.10. The van der Waals surface area contributed by atoms with Crippen molar-refractivity contribution in [3.8, 4) is 0 Å². The lowest BCUT2D eigenvalue weighted by Crippen LogP contribution is -2.52. The fourth-order valence-electron chi connectivity index (χ4n) is 2.37. The Labute approximate surface area is 76.0 Å². The van der Waals surface area contributed by atoms with E-state index in [1.807, 2.05) is 0 Å². The number of carbonyl (C=O) groups is 2. The zero-order chi connectivity index (χ0) is 9.47. The second-order valence-corrected chi connectivity index (χ2v) is 3.70. The molecule has 2 aliphatic rings. The molecule has 0 radical (unpaired) electrons. The van der Waals surface area contributed by atoms with Gasteiger partial charge in [-0.3, -0.25) is 10.1 Å². The van der Waals surface area contributed by atoms with Crippen LogP contribution in [0.4, 0.5) is 4.79 Å². The van der Waals surface area contributed by atoms with Gasteiger partial charge >= 0.3 is 6.03 Å². The van der Waals surface area contributed by atoms with E-state index in [2.05, 4.69) is 10.6 Å². The zero-order valence-electron chi connectivity index (χ0n) is 7.30. The lowest BCUT2D eigenvalue weighted by Gasteiger charge is -2.26. The van der Waals surface area contributed by atoms with Gasteiger partial charge in [0.1, 0.15) is 5.54 Å². The average molecular weight is 183 g/mol. The summed E-state index contributed by atoms with van der Waals surface area (Å²) in [7, 11) is 0. The van der Waals surface area contributed by atoms with Crippen molar-refractivity contribution in [3.05, 3.63) is 0 Å². The van der Waals surface area contributed by atoms with Crippen LogP contribution in [0.3, 0.4) is 0 Å². The molecule has 1 heterocycles. The second kappa shape index (κ2) is 2.70. The molecule has 2 rings (SSSR count). The van der Waals surface area contributed by atoms with Gasteiger partial charge in [-0.05, 0) is 19.4 Å². The van der Waals surface area contributed by atoms with Crippen molar-refractivity contribution < 1.29 is 9.59 Å². The molecule has 1 saturated heterocycles. The third-order valence-corrected chi connectivity index (χ3v) is 3.07. The smallest absolute Gasteiger partial charge is 0.322 e. The molecule has 5 nitrogen and oxygen atoms in total. The number of urea groups is 1. The van der Waals surface area contributed by atoms with Crippen LogP contribution in [-0.2, 0) is 4.79 Å². The Bertz CT molecular complexity index is 266. The third kappa shape index (κ3) is 1.03. The van der Waals surface area contributed by atoms with Crippen LogP contribution in [0.15, 0.2) is 0 Å². The van der Waals surface area contributed by atoms with Crippen LogP contribution < -0.4 is 16.4 Å². The van der Waals surface area contributed by atoms with Crippen molar-refractivity contribution in [1.29, 1.82) is 0 Å². The maximum atomic E-state index is 11.5. The molecule has 2 atom stereocenters. The molecule has 1 aliphatic carbocycles. The van der Waals surface area contributed by atoms with Crippen LogP contribution in [0.2, 0.25) is 0 Å². The molecule has 2 fully saturated rings. The van der Waals surface area contributed by atoms with Crippen LogP contribution in [0.5, 0.6) is 0 Å². The number of imide groups is 1. The van der Waals surface area contributed by atoms with E-state index < -0.39 is 5.54 Å². The van der Waals surface area contributed by atoms with Gasteiger partial charge in [-0.2, -0.15) is 0 Å². The molecule has 13 heavy (non-hydrogen) atoms. The topological polar surface area (TPSA) is 84.2 Å². The van der Waals surface area contributed by atoms with Crippen LogP contribution in [0.1, 0.15) is 19.3 Å². The minimum Gasteiger partial charge on any atom is -0.330 e. The van der Waals surface area contributed by atoms with Gasteiger partial charge in [0, 0.05) is 5.92 Å². The fourth-order valence-corrected chi connectivity index (χ4v) is 2.37. The third-order valence-electron chi connectivity index (χ3n) is 3.07. The van der Waals surface area contributed by atoms with Crippen LogP contribution in [0.25, 0.3) is 0 Å².